The van der Waals surface area contributed by atoms with Crippen LogP contribution in [0, 0.1) is 0 Å². The average Bonchev–Trinajstić information content (AvgIpc) is 2.97. The Hall–Kier alpha value is -3.39. The van der Waals surface area contributed by atoms with E-state index in [-0.39, 0.29) is 17.9 Å². The fourth-order valence-corrected chi connectivity index (χ4v) is 4.90. The summed E-state index contributed by atoms with van der Waals surface area (Å²) in [5.74, 6) is -0.143. The number of urea groups is 1. The van der Waals surface area contributed by atoms with Crippen LogP contribution in [-0.2, 0) is 4.74 Å². The molecule has 0 radical (unpaired) electrons. The van der Waals surface area contributed by atoms with Crippen LogP contribution in [0.4, 0.5) is 10.5 Å². The molecular formula is C30H35ClN4O3. The highest BCUT2D eigenvalue weighted by Gasteiger charge is 2.21. The van der Waals surface area contributed by atoms with Gasteiger partial charge < -0.3 is 20.3 Å². The summed E-state index contributed by atoms with van der Waals surface area (Å²) in [7, 11) is 1.55. The van der Waals surface area contributed by atoms with Gasteiger partial charge in [0.15, 0.2) is 0 Å². The van der Waals surface area contributed by atoms with Crippen LogP contribution in [0.2, 0.25) is 5.02 Å². The number of hydrogen-bond donors (Lipinski definition) is 2. The molecule has 2 N–H and O–H groups in total. The molecule has 7 nitrogen and oxygen atoms in total. The maximum atomic E-state index is 13.5. The number of rotatable bonds is 10. The van der Waals surface area contributed by atoms with Crippen molar-refractivity contribution in [2.24, 2.45) is 0 Å². The lowest BCUT2D eigenvalue weighted by Gasteiger charge is -2.31. The molecule has 0 aliphatic carbocycles. The summed E-state index contributed by atoms with van der Waals surface area (Å²) in [4.78, 5) is 29.9. The van der Waals surface area contributed by atoms with Crippen molar-refractivity contribution in [1.29, 1.82) is 0 Å². The van der Waals surface area contributed by atoms with Gasteiger partial charge in [-0.3, -0.25) is 9.69 Å². The van der Waals surface area contributed by atoms with Crippen LogP contribution in [0.15, 0.2) is 78.9 Å². The SMILES string of the molecule is CNC(=O)c1cc(NC(=O)N(CCC(c2ccccc2)c2ccccc2)CCN2CCOCC2)ccc1Cl. The lowest BCUT2D eigenvalue weighted by Crippen LogP contribution is -2.44. The van der Waals surface area contributed by atoms with Gasteiger partial charge in [-0.05, 0) is 35.7 Å². The number of amides is 3. The number of nitrogens with one attached hydrogen (secondary N) is 2. The summed E-state index contributed by atoms with van der Waals surface area (Å²) in [5.41, 5.74) is 3.29. The highest BCUT2D eigenvalue weighted by molar-refractivity contribution is 6.34. The molecule has 3 aromatic rings. The zero-order valence-electron chi connectivity index (χ0n) is 21.7. The third-order valence-electron chi connectivity index (χ3n) is 6.86. The fraction of sp³-hybridized carbons (Fsp3) is 0.333. The summed E-state index contributed by atoms with van der Waals surface area (Å²) in [6.45, 7) is 5.06. The second kappa shape index (κ2) is 14.0. The summed E-state index contributed by atoms with van der Waals surface area (Å²) in [5, 5.41) is 5.90. The predicted molar refractivity (Wildman–Crippen MR) is 152 cm³/mol. The molecule has 1 fully saturated rings. The summed E-state index contributed by atoms with van der Waals surface area (Å²) in [6, 6.07) is 25.6. The van der Waals surface area contributed by atoms with Gasteiger partial charge in [0, 0.05) is 51.4 Å². The summed E-state index contributed by atoms with van der Waals surface area (Å²) in [6.07, 6.45) is 0.772. The van der Waals surface area contributed by atoms with Crippen LogP contribution in [0.5, 0.6) is 0 Å². The molecule has 8 heteroatoms. The number of halogens is 1. The monoisotopic (exact) mass is 534 g/mol. The molecule has 3 aromatic carbocycles. The maximum Gasteiger partial charge on any atom is 0.321 e. The van der Waals surface area contributed by atoms with Crippen molar-refractivity contribution in [2.75, 3.05) is 58.3 Å². The molecule has 0 bridgehead atoms. The van der Waals surface area contributed by atoms with E-state index in [2.05, 4.69) is 64.1 Å². The number of carbonyl (C=O) groups is 2. The Kier molecular flexibility index (Phi) is 10.1. The van der Waals surface area contributed by atoms with Gasteiger partial charge in [0.2, 0.25) is 0 Å². The predicted octanol–water partition coefficient (Wildman–Crippen LogP) is 5.09. The third kappa shape index (κ3) is 7.57. The molecule has 0 atom stereocenters. The Morgan fingerprint density at radius 1 is 0.947 bits per heavy atom. The van der Waals surface area contributed by atoms with E-state index < -0.39 is 0 Å². The Bertz CT molecular complexity index is 1150. The highest BCUT2D eigenvalue weighted by Crippen LogP contribution is 2.28. The first kappa shape index (κ1) is 27.6. The Morgan fingerprint density at radius 2 is 1.58 bits per heavy atom. The standard InChI is InChI=1S/C30H35ClN4O3/c1-32-29(36)27-22-25(12-13-28(27)31)33-30(37)35(17-16-34-18-20-38-21-19-34)15-14-26(23-8-4-2-5-9-23)24-10-6-3-7-11-24/h2-13,22,26H,14-21H2,1H3,(H,32,36)(H,33,37). The molecule has 0 saturated carbocycles. The Labute approximate surface area is 229 Å². The second-order valence-corrected chi connectivity index (χ2v) is 9.71. The highest BCUT2D eigenvalue weighted by atomic mass is 35.5. The zero-order chi connectivity index (χ0) is 26.7. The van der Waals surface area contributed by atoms with Gasteiger partial charge in [-0.25, -0.2) is 4.79 Å². The molecule has 0 unspecified atom stereocenters. The van der Waals surface area contributed by atoms with Crippen molar-refractivity contribution in [2.45, 2.75) is 12.3 Å². The number of morpholine rings is 1. The van der Waals surface area contributed by atoms with Crippen LogP contribution in [0.3, 0.4) is 0 Å². The zero-order valence-corrected chi connectivity index (χ0v) is 22.5. The third-order valence-corrected chi connectivity index (χ3v) is 7.19. The van der Waals surface area contributed by atoms with E-state index in [9.17, 15) is 9.59 Å². The van der Waals surface area contributed by atoms with Gasteiger partial charge in [-0.15, -0.1) is 0 Å². The summed E-state index contributed by atoms with van der Waals surface area (Å²) >= 11 is 6.21. The van der Waals surface area contributed by atoms with Crippen molar-refractivity contribution in [3.63, 3.8) is 0 Å². The van der Waals surface area contributed by atoms with E-state index in [1.54, 1.807) is 25.2 Å². The van der Waals surface area contributed by atoms with E-state index in [0.29, 0.717) is 42.6 Å². The number of ether oxygens (including phenoxy) is 1. The van der Waals surface area contributed by atoms with Gasteiger partial charge in [0.1, 0.15) is 0 Å². The first-order valence-electron chi connectivity index (χ1n) is 13.0. The minimum Gasteiger partial charge on any atom is -0.379 e. The average molecular weight is 535 g/mol. The lowest BCUT2D eigenvalue weighted by molar-refractivity contribution is 0.0351. The molecule has 1 heterocycles. The van der Waals surface area contributed by atoms with Gasteiger partial charge in [0.05, 0.1) is 23.8 Å². The number of hydrogen-bond acceptors (Lipinski definition) is 4. The van der Waals surface area contributed by atoms with Crippen molar-refractivity contribution >= 4 is 29.2 Å². The molecule has 3 amide bonds. The topological polar surface area (TPSA) is 73.9 Å². The minimum atomic E-state index is -0.302. The van der Waals surface area contributed by atoms with E-state index >= 15 is 0 Å². The molecule has 1 saturated heterocycles. The van der Waals surface area contributed by atoms with Crippen LogP contribution < -0.4 is 10.6 Å². The number of nitrogens with zero attached hydrogens (tertiary/aromatic N) is 2. The molecular weight excluding hydrogens is 500 g/mol. The van der Waals surface area contributed by atoms with Crippen LogP contribution in [-0.4, -0.2) is 74.7 Å². The van der Waals surface area contributed by atoms with Crippen molar-refractivity contribution in [1.82, 2.24) is 15.1 Å². The molecule has 0 aromatic heterocycles. The normalized spacial score (nSPS) is 13.8. The van der Waals surface area contributed by atoms with Crippen molar-refractivity contribution in [3.8, 4) is 0 Å². The number of benzene rings is 3. The molecule has 200 valence electrons. The first-order chi connectivity index (χ1) is 18.5. The fourth-order valence-electron chi connectivity index (χ4n) is 4.70. The lowest BCUT2D eigenvalue weighted by atomic mass is 9.88. The molecule has 4 rings (SSSR count). The van der Waals surface area contributed by atoms with Crippen LogP contribution in [0.25, 0.3) is 0 Å². The quantitative estimate of drug-likeness (QED) is 0.380. The second-order valence-electron chi connectivity index (χ2n) is 9.31. The van der Waals surface area contributed by atoms with Gasteiger partial charge >= 0.3 is 6.03 Å². The van der Waals surface area contributed by atoms with E-state index in [1.807, 2.05) is 17.0 Å². The van der Waals surface area contributed by atoms with E-state index in [0.717, 1.165) is 26.1 Å². The van der Waals surface area contributed by atoms with Crippen molar-refractivity contribution in [3.05, 3.63) is 101 Å². The maximum absolute atomic E-state index is 13.5. The largest absolute Gasteiger partial charge is 0.379 e. The van der Waals surface area contributed by atoms with Crippen molar-refractivity contribution < 1.29 is 14.3 Å². The van der Waals surface area contributed by atoms with Gasteiger partial charge in [0.25, 0.3) is 5.91 Å². The molecule has 1 aliphatic rings. The number of carbonyl (C=O) groups excluding carboxylic acids is 2. The molecule has 0 spiro atoms. The van der Waals surface area contributed by atoms with E-state index in [4.69, 9.17) is 16.3 Å². The smallest absolute Gasteiger partial charge is 0.321 e. The van der Waals surface area contributed by atoms with Crippen LogP contribution >= 0.6 is 11.6 Å². The molecule has 38 heavy (non-hydrogen) atoms. The molecule has 1 aliphatic heterocycles. The van der Waals surface area contributed by atoms with Gasteiger partial charge in [-0.2, -0.15) is 0 Å². The Morgan fingerprint density at radius 3 is 2.18 bits per heavy atom. The van der Waals surface area contributed by atoms with E-state index in [1.165, 1.54) is 11.1 Å². The Balaban J connectivity index is 1.52. The first-order valence-corrected chi connectivity index (χ1v) is 13.4. The minimum absolute atomic E-state index is 0.159. The summed E-state index contributed by atoms with van der Waals surface area (Å²) < 4.78 is 5.48. The van der Waals surface area contributed by atoms with Crippen LogP contribution in [0.1, 0.15) is 33.8 Å². The number of anilines is 1. The van der Waals surface area contributed by atoms with Gasteiger partial charge in [-0.1, -0.05) is 72.3 Å².